The highest BCUT2D eigenvalue weighted by Gasteiger charge is 2.54. The quantitative estimate of drug-likeness (QED) is 0.540. The SMILES string of the molecule is CC1=CC2C(=C3C=CC=CC13)C2(C)C.Cl. The molecule has 0 bridgehead atoms. The second kappa shape index (κ2) is 3.12. The molecule has 0 aromatic rings. The molecule has 80 valence electrons. The number of hydrogen-bond donors (Lipinski definition) is 0. The molecule has 0 radical (unpaired) electrons. The van der Waals surface area contributed by atoms with E-state index in [1.807, 2.05) is 0 Å². The van der Waals surface area contributed by atoms with Gasteiger partial charge in [-0.05, 0) is 17.9 Å². The number of rotatable bonds is 0. The highest BCUT2D eigenvalue weighted by atomic mass is 35.5. The van der Waals surface area contributed by atoms with Crippen molar-refractivity contribution < 1.29 is 0 Å². The molecule has 0 nitrogen and oxygen atoms in total. The third kappa shape index (κ3) is 1.28. The van der Waals surface area contributed by atoms with Gasteiger partial charge in [-0.1, -0.05) is 55.4 Å². The van der Waals surface area contributed by atoms with Crippen molar-refractivity contribution >= 4 is 12.4 Å². The molecule has 0 aliphatic heterocycles. The summed E-state index contributed by atoms with van der Waals surface area (Å²) in [5.41, 5.74) is 5.21. The van der Waals surface area contributed by atoms with Gasteiger partial charge < -0.3 is 0 Å². The van der Waals surface area contributed by atoms with Crippen LogP contribution >= 0.6 is 12.4 Å². The molecular weight excluding hydrogens is 204 g/mol. The van der Waals surface area contributed by atoms with Crippen LogP contribution in [-0.4, -0.2) is 0 Å². The van der Waals surface area contributed by atoms with Crippen LogP contribution in [0.25, 0.3) is 0 Å². The first-order valence-electron chi connectivity index (χ1n) is 5.40. The molecule has 0 spiro atoms. The molecule has 3 aliphatic rings. The van der Waals surface area contributed by atoms with Crippen molar-refractivity contribution in [3.05, 3.63) is 47.1 Å². The normalized spacial score (nSPS) is 33.9. The van der Waals surface area contributed by atoms with Crippen molar-refractivity contribution in [3.63, 3.8) is 0 Å². The van der Waals surface area contributed by atoms with Crippen molar-refractivity contribution in [1.82, 2.24) is 0 Å². The Labute approximate surface area is 97.9 Å². The molecule has 3 rings (SSSR count). The summed E-state index contributed by atoms with van der Waals surface area (Å²) in [6, 6.07) is 0. The van der Waals surface area contributed by atoms with Gasteiger partial charge in [0.05, 0.1) is 0 Å². The maximum Gasteiger partial charge on any atom is 0.0228 e. The Morgan fingerprint density at radius 1 is 1.20 bits per heavy atom. The number of hydrogen-bond acceptors (Lipinski definition) is 0. The van der Waals surface area contributed by atoms with Crippen LogP contribution in [0.4, 0.5) is 0 Å². The van der Waals surface area contributed by atoms with Crippen LogP contribution in [0.2, 0.25) is 0 Å². The fourth-order valence-electron chi connectivity index (χ4n) is 2.99. The van der Waals surface area contributed by atoms with Crippen LogP contribution in [0.15, 0.2) is 47.1 Å². The van der Waals surface area contributed by atoms with E-state index in [-0.39, 0.29) is 12.4 Å². The summed E-state index contributed by atoms with van der Waals surface area (Å²) in [4.78, 5) is 0. The first-order chi connectivity index (χ1) is 6.62. The number of fused-ring (bicyclic) bond motifs is 2. The summed E-state index contributed by atoms with van der Waals surface area (Å²) in [5.74, 6) is 1.30. The van der Waals surface area contributed by atoms with Crippen molar-refractivity contribution in [2.75, 3.05) is 0 Å². The summed E-state index contributed by atoms with van der Waals surface area (Å²) in [6.45, 7) is 6.98. The van der Waals surface area contributed by atoms with E-state index in [1.165, 1.54) is 5.57 Å². The molecular formula is C14H17Cl. The predicted molar refractivity (Wildman–Crippen MR) is 67.1 cm³/mol. The number of allylic oxidation sites excluding steroid dienone is 8. The van der Waals surface area contributed by atoms with Crippen molar-refractivity contribution in [2.24, 2.45) is 17.3 Å². The Morgan fingerprint density at radius 2 is 1.93 bits per heavy atom. The van der Waals surface area contributed by atoms with Gasteiger partial charge in [0.2, 0.25) is 0 Å². The van der Waals surface area contributed by atoms with Gasteiger partial charge in [0.1, 0.15) is 0 Å². The first-order valence-corrected chi connectivity index (χ1v) is 5.40. The average Bonchev–Trinajstić information content (AvgIpc) is 2.70. The highest BCUT2D eigenvalue weighted by Crippen LogP contribution is 2.64. The van der Waals surface area contributed by atoms with Gasteiger partial charge in [-0.3, -0.25) is 0 Å². The molecule has 0 N–H and O–H groups in total. The topological polar surface area (TPSA) is 0 Å². The maximum atomic E-state index is 2.47. The second-order valence-corrected chi connectivity index (χ2v) is 5.20. The van der Waals surface area contributed by atoms with Gasteiger partial charge in [-0.25, -0.2) is 0 Å². The summed E-state index contributed by atoms with van der Waals surface area (Å²) in [7, 11) is 0. The van der Waals surface area contributed by atoms with Gasteiger partial charge in [-0.2, -0.15) is 0 Å². The summed E-state index contributed by atoms with van der Waals surface area (Å²) in [6.07, 6.45) is 11.4. The fourth-order valence-corrected chi connectivity index (χ4v) is 2.99. The Hall–Kier alpha value is -0.750. The first kappa shape index (κ1) is 10.8. The Kier molecular flexibility index (Phi) is 2.24. The molecule has 1 heteroatoms. The van der Waals surface area contributed by atoms with Gasteiger partial charge >= 0.3 is 0 Å². The third-order valence-electron chi connectivity index (χ3n) is 3.96. The van der Waals surface area contributed by atoms with E-state index >= 15 is 0 Å². The molecule has 0 aromatic carbocycles. The zero-order valence-corrected chi connectivity index (χ0v) is 10.3. The monoisotopic (exact) mass is 220 g/mol. The molecule has 1 saturated carbocycles. The van der Waals surface area contributed by atoms with E-state index in [4.69, 9.17) is 0 Å². The fraction of sp³-hybridized carbons (Fsp3) is 0.429. The van der Waals surface area contributed by atoms with Crippen LogP contribution in [0.1, 0.15) is 20.8 Å². The van der Waals surface area contributed by atoms with Gasteiger partial charge in [0.25, 0.3) is 0 Å². The lowest BCUT2D eigenvalue weighted by molar-refractivity contribution is 0.625. The highest BCUT2D eigenvalue weighted by molar-refractivity contribution is 5.85. The average molecular weight is 221 g/mol. The van der Waals surface area contributed by atoms with E-state index in [0.29, 0.717) is 11.3 Å². The van der Waals surface area contributed by atoms with Gasteiger partial charge in [0.15, 0.2) is 0 Å². The lowest BCUT2D eigenvalue weighted by Gasteiger charge is -2.20. The molecule has 2 atom stereocenters. The van der Waals surface area contributed by atoms with Gasteiger partial charge in [0, 0.05) is 11.8 Å². The van der Waals surface area contributed by atoms with Crippen molar-refractivity contribution in [1.29, 1.82) is 0 Å². The summed E-state index contributed by atoms with van der Waals surface area (Å²) >= 11 is 0. The van der Waals surface area contributed by atoms with E-state index < -0.39 is 0 Å². The van der Waals surface area contributed by atoms with Crippen LogP contribution < -0.4 is 0 Å². The minimum atomic E-state index is 0. The van der Waals surface area contributed by atoms with Crippen LogP contribution in [0.5, 0.6) is 0 Å². The Balaban J connectivity index is 0.000000853. The molecule has 15 heavy (non-hydrogen) atoms. The lowest BCUT2D eigenvalue weighted by atomic mass is 9.84. The van der Waals surface area contributed by atoms with Gasteiger partial charge in [-0.15, -0.1) is 12.4 Å². The molecule has 0 aromatic heterocycles. The lowest BCUT2D eigenvalue weighted by Crippen LogP contribution is -2.07. The minimum absolute atomic E-state index is 0. The Morgan fingerprint density at radius 3 is 2.67 bits per heavy atom. The zero-order chi connectivity index (χ0) is 9.92. The third-order valence-corrected chi connectivity index (χ3v) is 3.96. The van der Waals surface area contributed by atoms with Crippen molar-refractivity contribution in [3.8, 4) is 0 Å². The van der Waals surface area contributed by atoms with E-state index in [9.17, 15) is 0 Å². The summed E-state index contributed by atoms with van der Waals surface area (Å²) in [5, 5.41) is 0. The van der Waals surface area contributed by atoms with Crippen LogP contribution in [-0.2, 0) is 0 Å². The standard InChI is InChI=1S/C14H16.ClH/c1-9-8-12-13(14(12,2)3)11-7-5-4-6-10(9)11;/h4-8,10,12H,1-3H3;1H. The van der Waals surface area contributed by atoms with E-state index in [2.05, 4.69) is 51.2 Å². The molecule has 0 amide bonds. The predicted octanol–water partition coefficient (Wildman–Crippen LogP) is 4.06. The molecule has 3 aliphatic carbocycles. The molecule has 0 heterocycles. The zero-order valence-electron chi connectivity index (χ0n) is 9.45. The molecule has 0 saturated heterocycles. The van der Waals surface area contributed by atoms with E-state index in [1.54, 1.807) is 11.1 Å². The number of halogens is 1. The van der Waals surface area contributed by atoms with Crippen molar-refractivity contribution in [2.45, 2.75) is 20.8 Å². The van der Waals surface area contributed by atoms with Crippen LogP contribution in [0, 0.1) is 17.3 Å². The largest absolute Gasteiger partial charge is 0.147 e. The smallest absolute Gasteiger partial charge is 0.0228 e. The van der Waals surface area contributed by atoms with E-state index in [0.717, 1.165) is 5.92 Å². The molecule has 2 unspecified atom stereocenters. The Bertz CT molecular complexity index is 419. The summed E-state index contributed by atoms with van der Waals surface area (Å²) < 4.78 is 0. The second-order valence-electron chi connectivity index (χ2n) is 5.20. The maximum absolute atomic E-state index is 2.47. The molecule has 1 fully saturated rings. The minimum Gasteiger partial charge on any atom is -0.147 e. The van der Waals surface area contributed by atoms with Crippen LogP contribution in [0.3, 0.4) is 0 Å².